The number of benzene rings is 2. The Labute approximate surface area is 150 Å². The summed E-state index contributed by atoms with van der Waals surface area (Å²) in [5, 5.41) is 5.98. The van der Waals surface area contributed by atoms with E-state index in [1.165, 1.54) is 5.56 Å². The van der Waals surface area contributed by atoms with E-state index in [1.807, 2.05) is 43.3 Å². The van der Waals surface area contributed by atoms with E-state index in [0.29, 0.717) is 13.0 Å². The van der Waals surface area contributed by atoms with E-state index < -0.39 is 0 Å². The summed E-state index contributed by atoms with van der Waals surface area (Å²) in [5.41, 5.74) is 5.23. The fourth-order valence-electron chi connectivity index (χ4n) is 2.94. The van der Waals surface area contributed by atoms with Crippen LogP contribution >= 0.6 is 11.3 Å². The first kappa shape index (κ1) is 15.8. The van der Waals surface area contributed by atoms with Gasteiger partial charge in [0.1, 0.15) is 10.8 Å². The van der Waals surface area contributed by atoms with Crippen molar-refractivity contribution in [2.75, 3.05) is 11.9 Å². The molecule has 0 fully saturated rings. The lowest BCUT2D eigenvalue weighted by Gasteiger charge is -2.17. The molecule has 5 heteroatoms. The molecule has 1 aliphatic rings. The number of thiazole rings is 1. The Morgan fingerprint density at radius 1 is 1.12 bits per heavy atom. The molecule has 25 heavy (non-hydrogen) atoms. The third-order valence-corrected chi connectivity index (χ3v) is 5.10. The van der Waals surface area contributed by atoms with E-state index in [0.717, 1.165) is 39.7 Å². The van der Waals surface area contributed by atoms with Crippen molar-refractivity contribution in [1.82, 2.24) is 4.98 Å². The van der Waals surface area contributed by atoms with E-state index in [2.05, 4.69) is 16.8 Å². The van der Waals surface area contributed by atoms with Crippen molar-refractivity contribution in [1.29, 1.82) is 0 Å². The summed E-state index contributed by atoms with van der Waals surface area (Å²) in [7, 11) is 0. The van der Waals surface area contributed by atoms with Crippen LogP contribution in [0.25, 0.3) is 21.8 Å². The Morgan fingerprint density at radius 2 is 1.92 bits per heavy atom. The van der Waals surface area contributed by atoms with E-state index >= 15 is 0 Å². The van der Waals surface area contributed by atoms with Gasteiger partial charge in [0.05, 0.1) is 12.3 Å². The fourth-order valence-corrected chi connectivity index (χ4v) is 3.78. The quantitative estimate of drug-likeness (QED) is 0.738. The SMILES string of the molecule is CCOc1ccc(-c2nc(-c3ccc4c(c3)CCC(=O)N4)cs2)cc1. The summed E-state index contributed by atoms with van der Waals surface area (Å²) in [6.07, 6.45) is 1.33. The van der Waals surface area contributed by atoms with Crippen LogP contribution in [0.15, 0.2) is 47.8 Å². The minimum absolute atomic E-state index is 0.0895. The normalized spacial score (nSPS) is 13.2. The molecule has 1 aromatic heterocycles. The van der Waals surface area contributed by atoms with Gasteiger partial charge in [0.25, 0.3) is 0 Å². The average Bonchev–Trinajstić information content (AvgIpc) is 3.12. The van der Waals surface area contributed by atoms with Crippen LogP contribution < -0.4 is 10.1 Å². The zero-order valence-corrected chi connectivity index (χ0v) is 14.7. The molecular formula is C20H18N2O2S. The Balaban J connectivity index is 1.60. The molecule has 0 unspecified atom stereocenters. The highest BCUT2D eigenvalue weighted by Crippen LogP contribution is 2.32. The maximum Gasteiger partial charge on any atom is 0.224 e. The number of hydrogen-bond acceptors (Lipinski definition) is 4. The van der Waals surface area contributed by atoms with Gasteiger partial charge in [-0.1, -0.05) is 6.07 Å². The lowest BCUT2D eigenvalue weighted by atomic mass is 9.99. The van der Waals surface area contributed by atoms with E-state index in [9.17, 15) is 4.79 Å². The second kappa shape index (κ2) is 6.69. The average molecular weight is 350 g/mol. The highest BCUT2D eigenvalue weighted by molar-refractivity contribution is 7.13. The van der Waals surface area contributed by atoms with Crippen molar-refractivity contribution in [3.63, 3.8) is 0 Å². The number of nitrogens with one attached hydrogen (secondary N) is 1. The molecule has 0 radical (unpaired) electrons. The first-order chi connectivity index (χ1) is 12.2. The van der Waals surface area contributed by atoms with Crippen molar-refractivity contribution in [2.24, 2.45) is 0 Å². The molecule has 0 spiro atoms. The number of fused-ring (bicyclic) bond motifs is 1. The third-order valence-electron chi connectivity index (χ3n) is 4.21. The van der Waals surface area contributed by atoms with Crippen LogP contribution in [-0.4, -0.2) is 17.5 Å². The van der Waals surface area contributed by atoms with Crippen LogP contribution in [0.4, 0.5) is 5.69 Å². The largest absolute Gasteiger partial charge is 0.494 e. The molecule has 0 atom stereocenters. The van der Waals surface area contributed by atoms with Crippen LogP contribution in [0, 0.1) is 0 Å². The number of ether oxygens (including phenoxy) is 1. The molecule has 2 aromatic carbocycles. The molecule has 2 heterocycles. The highest BCUT2D eigenvalue weighted by atomic mass is 32.1. The first-order valence-corrected chi connectivity index (χ1v) is 9.23. The Kier molecular flexibility index (Phi) is 4.24. The minimum atomic E-state index is 0.0895. The number of hydrogen-bond donors (Lipinski definition) is 1. The summed E-state index contributed by atoms with van der Waals surface area (Å²) >= 11 is 1.63. The molecule has 1 aliphatic heterocycles. The number of rotatable bonds is 4. The zero-order chi connectivity index (χ0) is 17.2. The standard InChI is InChI=1S/C20H18N2O2S/c1-2-24-16-7-3-13(4-8-16)20-22-18(12-25-20)15-5-9-17-14(11-15)6-10-19(23)21-17/h3-5,7-9,11-12H,2,6,10H2,1H3,(H,21,23). The molecule has 0 aliphatic carbocycles. The predicted molar refractivity (Wildman–Crippen MR) is 101 cm³/mol. The number of carbonyl (C=O) groups is 1. The van der Waals surface area contributed by atoms with Gasteiger partial charge in [0, 0.05) is 28.6 Å². The molecular weight excluding hydrogens is 332 g/mol. The number of aromatic nitrogens is 1. The summed E-state index contributed by atoms with van der Waals surface area (Å²) in [5.74, 6) is 0.964. The van der Waals surface area contributed by atoms with Crippen molar-refractivity contribution in [3.8, 4) is 27.6 Å². The number of aryl methyl sites for hydroxylation is 1. The van der Waals surface area contributed by atoms with Gasteiger partial charge in [-0.15, -0.1) is 11.3 Å². The molecule has 0 saturated carbocycles. The van der Waals surface area contributed by atoms with Gasteiger partial charge in [-0.05, 0) is 55.3 Å². The van der Waals surface area contributed by atoms with Crippen LogP contribution in [0.1, 0.15) is 18.9 Å². The van der Waals surface area contributed by atoms with Crippen molar-refractivity contribution in [3.05, 3.63) is 53.4 Å². The maximum atomic E-state index is 11.5. The summed E-state index contributed by atoms with van der Waals surface area (Å²) in [6.45, 7) is 2.64. The maximum absolute atomic E-state index is 11.5. The predicted octanol–water partition coefficient (Wildman–Crippen LogP) is 4.76. The van der Waals surface area contributed by atoms with Gasteiger partial charge in [-0.2, -0.15) is 0 Å². The molecule has 4 nitrogen and oxygen atoms in total. The van der Waals surface area contributed by atoms with E-state index in [1.54, 1.807) is 11.3 Å². The Bertz CT molecular complexity index is 916. The Morgan fingerprint density at radius 3 is 2.72 bits per heavy atom. The van der Waals surface area contributed by atoms with Crippen molar-refractivity contribution < 1.29 is 9.53 Å². The van der Waals surface area contributed by atoms with Crippen molar-refractivity contribution in [2.45, 2.75) is 19.8 Å². The molecule has 0 bridgehead atoms. The van der Waals surface area contributed by atoms with Gasteiger partial charge >= 0.3 is 0 Å². The molecule has 1 N–H and O–H groups in total. The smallest absolute Gasteiger partial charge is 0.224 e. The number of carbonyl (C=O) groups excluding carboxylic acids is 1. The van der Waals surface area contributed by atoms with Crippen LogP contribution in [0.5, 0.6) is 5.75 Å². The fraction of sp³-hybridized carbons (Fsp3) is 0.200. The topological polar surface area (TPSA) is 51.2 Å². The van der Waals surface area contributed by atoms with Crippen LogP contribution in [0.3, 0.4) is 0 Å². The van der Waals surface area contributed by atoms with E-state index in [4.69, 9.17) is 9.72 Å². The lowest BCUT2D eigenvalue weighted by Crippen LogP contribution is -2.18. The lowest BCUT2D eigenvalue weighted by molar-refractivity contribution is -0.116. The monoisotopic (exact) mass is 350 g/mol. The Hall–Kier alpha value is -2.66. The second-order valence-corrected chi connectivity index (χ2v) is 6.77. The molecule has 0 saturated heterocycles. The minimum Gasteiger partial charge on any atom is -0.494 e. The van der Waals surface area contributed by atoms with E-state index in [-0.39, 0.29) is 5.91 Å². The summed E-state index contributed by atoms with van der Waals surface area (Å²) < 4.78 is 5.48. The van der Waals surface area contributed by atoms with Gasteiger partial charge in [0.15, 0.2) is 0 Å². The van der Waals surface area contributed by atoms with Gasteiger partial charge in [-0.3, -0.25) is 4.79 Å². The molecule has 1 amide bonds. The van der Waals surface area contributed by atoms with Crippen molar-refractivity contribution >= 4 is 22.9 Å². The van der Waals surface area contributed by atoms with Gasteiger partial charge in [-0.25, -0.2) is 4.98 Å². The molecule has 126 valence electrons. The highest BCUT2D eigenvalue weighted by Gasteiger charge is 2.16. The molecule has 4 rings (SSSR count). The van der Waals surface area contributed by atoms with Crippen LogP contribution in [-0.2, 0) is 11.2 Å². The third kappa shape index (κ3) is 3.28. The van der Waals surface area contributed by atoms with Gasteiger partial charge < -0.3 is 10.1 Å². The first-order valence-electron chi connectivity index (χ1n) is 8.35. The van der Waals surface area contributed by atoms with Gasteiger partial charge in [0.2, 0.25) is 5.91 Å². The molecule has 3 aromatic rings. The number of amides is 1. The number of anilines is 1. The zero-order valence-electron chi connectivity index (χ0n) is 13.9. The summed E-state index contributed by atoms with van der Waals surface area (Å²) in [4.78, 5) is 16.3. The second-order valence-electron chi connectivity index (χ2n) is 5.92. The van der Waals surface area contributed by atoms with Crippen LogP contribution in [0.2, 0.25) is 0 Å². The summed E-state index contributed by atoms with van der Waals surface area (Å²) in [6, 6.07) is 14.1. The number of nitrogens with zero attached hydrogens (tertiary/aromatic N) is 1.